The maximum atomic E-state index is 13.6. The molecule has 0 radical (unpaired) electrons. The number of nitrogens with one attached hydrogen (secondary N) is 2. The molecule has 0 unspecified atom stereocenters. The molecule has 130 valence electrons. The molecular formula is C17H26ClFN2O2. The summed E-state index contributed by atoms with van der Waals surface area (Å²) in [7, 11) is 1.40. The average Bonchev–Trinajstić information content (AvgIpc) is 2.80. The van der Waals surface area contributed by atoms with Gasteiger partial charge in [0.1, 0.15) is 0 Å². The number of benzene rings is 1. The van der Waals surface area contributed by atoms with E-state index in [1.165, 1.54) is 57.8 Å². The molecule has 1 amide bonds. The van der Waals surface area contributed by atoms with Crippen LogP contribution in [-0.2, 0) is 0 Å². The normalized spacial score (nSPS) is 15.4. The number of amides is 1. The zero-order valence-corrected chi connectivity index (χ0v) is 14.4. The summed E-state index contributed by atoms with van der Waals surface area (Å²) in [6.45, 7) is 1.29. The van der Waals surface area contributed by atoms with Crippen LogP contribution < -0.4 is 15.4 Å². The third kappa shape index (κ3) is 6.36. The number of ether oxygens (including phenoxy) is 1. The highest BCUT2D eigenvalue weighted by Gasteiger charge is 2.12. The lowest BCUT2D eigenvalue weighted by atomic mass is 10.1. The molecule has 0 spiro atoms. The minimum Gasteiger partial charge on any atom is -0.494 e. The molecule has 1 aliphatic rings. The van der Waals surface area contributed by atoms with E-state index in [-0.39, 0.29) is 24.1 Å². The molecule has 23 heavy (non-hydrogen) atoms. The van der Waals surface area contributed by atoms with Gasteiger partial charge < -0.3 is 15.4 Å². The first-order valence-corrected chi connectivity index (χ1v) is 8.06. The van der Waals surface area contributed by atoms with Crippen LogP contribution in [0.25, 0.3) is 0 Å². The van der Waals surface area contributed by atoms with Crippen molar-refractivity contribution < 1.29 is 13.9 Å². The summed E-state index contributed by atoms with van der Waals surface area (Å²) in [5.41, 5.74) is 0.313. The molecule has 0 aromatic heterocycles. The summed E-state index contributed by atoms with van der Waals surface area (Å²) in [6, 6.07) is 4.80. The van der Waals surface area contributed by atoms with Crippen LogP contribution in [0.5, 0.6) is 5.75 Å². The first kappa shape index (κ1) is 19.7. The highest BCUT2D eigenvalue weighted by Crippen LogP contribution is 2.18. The van der Waals surface area contributed by atoms with Gasteiger partial charge in [-0.05, 0) is 31.0 Å². The van der Waals surface area contributed by atoms with Crippen LogP contribution in [0.2, 0.25) is 0 Å². The molecule has 1 saturated carbocycles. The molecule has 1 aromatic carbocycles. The van der Waals surface area contributed by atoms with Crippen molar-refractivity contribution in [1.29, 1.82) is 0 Å². The smallest absolute Gasteiger partial charge is 0.251 e. The summed E-state index contributed by atoms with van der Waals surface area (Å²) in [6.07, 6.45) is 7.68. The second kappa shape index (κ2) is 10.4. The maximum Gasteiger partial charge on any atom is 0.251 e. The fourth-order valence-corrected chi connectivity index (χ4v) is 2.85. The fraction of sp³-hybridized carbons (Fsp3) is 0.588. The Hall–Kier alpha value is -1.33. The van der Waals surface area contributed by atoms with Gasteiger partial charge in [-0.15, -0.1) is 12.4 Å². The number of hydrogen-bond acceptors (Lipinski definition) is 3. The van der Waals surface area contributed by atoms with Crippen molar-refractivity contribution >= 4 is 18.3 Å². The molecule has 1 aromatic rings. The molecule has 1 aliphatic carbocycles. The zero-order valence-electron chi connectivity index (χ0n) is 13.6. The van der Waals surface area contributed by atoms with Crippen LogP contribution in [0.15, 0.2) is 18.2 Å². The van der Waals surface area contributed by atoms with Gasteiger partial charge in [0.15, 0.2) is 11.6 Å². The summed E-state index contributed by atoms with van der Waals surface area (Å²) < 4.78 is 18.4. The molecule has 4 nitrogen and oxygen atoms in total. The number of methoxy groups -OCH3 is 1. The van der Waals surface area contributed by atoms with Gasteiger partial charge in [-0.1, -0.05) is 25.7 Å². The predicted octanol–water partition coefficient (Wildman–Crippen LogP) is 3.30. The lowest BCUT2D eigenvalue weighted by Gasteiger charge is -2.16. The quantitative estimate of drug-likeness (QED) is 0.615. The lowest BCUT2D eigenvalue weighted by molar-refractivity contribution is 0.0953. The number of rotatable bonds is 6. The Balaban J connectivity index is 0.00000264. The van der Waals surface area contributed by atoms with E-state index in [0.29, 0.717) is 18.2 Å². The molecule has 0 aliphatic heterocycles. The van der Waals surface area contributed by atoms with Crippen LogP contribution in [-0.4, -0.2) is 32.1 Å². The molecule has 0 heterocycles. The topological polar surface area (TPSA) is 50.4 Å². The van der Waals surface area contributed by atoms with Gasteiger partial charge in [-0.3, -0.25) is 4.79 Å². The van der Waals surface area contributed by atoms with Crippen molar-refractivity contribution in [3.8, 4) is 5.75 Å². The highest BCUT2D eigenvalue weighted by atomic mass is 35.5. The summed E-state index contributed by atoms with van der Waals surface area (Å²) in [5, 5.41) is 6.30. The minimum atomic E-state index is -0.522. The second-order valence-electron chi connectivity index (χ2n) is 5.75. The number of carbonyl (C=O) groups is 1. The van der Waals surface area contributed by atoms with E-state index in [1.807, 2.05) is 0 Å². The first-order chi connectivity index (χ1) is 10.7. The average molecular weight is 345 g/mol. The highest BCUT2D eigenvalue weighted by molar-refractivity contribution is 5.94. The molecule has 0 atom stereocenters. The van der Waals surface area contributed by atoms with Crippen LogP contribution in [0, 0.1) is 5.82 Å². The van der Waals surface area contributed by atoms with Crippen molar-refractivity contribution in [1.82, 2.24) is 10.6 Å². The summed E-state index contributed by atoms with van der Waals surface area (Å²) >= 11 is 0. The van der Waals surface area contributed by atoms with Crippen LogP contribution in [0.1, 0.15) is 48.9 Å². The lowest BCUT2D eigenvalue weighted by Crippen LogP contribution is -2.36. The van der Waals surface area contributed by atoms with E-state index in [1.54, 1.807) is 6.07 Å². The van der Waals surface area contributed by atoms with E-state index in [0.717, 1.165) is 6.54 Å². The van der Waals surface area contributed by atoms with Crippen molar-refractivity contribution in [2.75, 3.05) is 20.2 Å². The van der Waals surface area contributed by atoms with Gasteiger partial charge in [-0.25, -0.2) is 4.39 Å². The van der Waals surface area contributed by atoms with E-state index < -0.39 is 5.82 Å². The Kier molecular flexibility index (Phi) is 8.95. The van der Waals surface area contributed by atoms with Crippen molar-refractivity contribution in [3.05, 3.63) is 29.6 Å². The number of halogens is 2. The van der Waals surface area contributed by atoms with Gasteiger partial charge in [0.25, 0.3) is 5.91 Å². The van der Waals surface area contributed by atoms with Crippen molar-refractivity contribution in [2.24, 2.45) is 0 Å². The third-order valence-corrected chi connectivity index (χ3v) is 4.11. The van der Waals surface area contributed by atoms with Gasteiger partial charge in [-0.2, -0.15) is 0 Å². The Morgan fingerprint density at radius 1 is 1.22 bits per heavy atom. The van der Waals surface area contributed by atoms with Gasteiger partial charge in [0, 0.05) is 24.7 Å². The number of hydrogen-bond donors (Lipinski definition) is 2. The molecule has 2 rings (SSSR count). The first-order valence-electron chi connectivity index (χ1n) is 8.06. The van der Waals surface area contributed by atoms with Crippen LogP contribution in [0.3, 0.4) is 0 Å². The molecule has 0 bridgehead atoms. The van der Waals surface area contributed by atoms with Crippen LogP contribution in [0.4, 0.5) is 4.39 Å². The standard InChI is InChI=1S/C17H25FN2O2.ClH/c1-22-16-9-8-13(12-15(16)18)17(21)20-11-10-19-14-6-4-2-3-5-7-14;/h8-9,12,14,19H,2-7,10-11H2,1H3,(H,20,21);1H. The largest absolute Gasteiger partial charge is 0.494 e. The Morgan fingerprint density at radius 3 is 2.52 bits per heavy atom. The Bertz CT molecular complexity index is 491. The zero-order chi connectivity index (χ0) is 15.8. The molecule has 6 heteroatoms. The van der Waals surface area contributed by atoms with Crippen molar-refractivity contribution in [2.45, 2.75) is 44.6 Å². The molecule has 1 fully saturated rings. The van der Waals surface area contributed by atoms with E-state index in [2.05, 4.69) is 10.6 Å². The monoisotopic (exact) mass is 344 g/mol. The molecule has 0 saturated heterocycles. The van der Waals surface area contributed by atoms with E-state index in [4.69, 9.17) is 4.74 Å². The third-order valence-electron chi connectivity index (χ3n) is 4.11. The second-order valence-corrected chi connectivity index (χ2v) is 5.75. The van der Waals surface area contributed by atoms with Gasteiger partial charge in [0.2, 0.25) is 0 Å². The Morgan fingerprint density at radius 2 is 1.91 bits per heavy atom. The van der Waals surface area contributed by atoms with E-state index >= 15 is 0 Å². The molecule has 2 N–H and O–H groups in total. The Labute approximate surface area is 143 Å². The maximum absolute atomic E-state index is 13.6. The minimum absolute atomic E-state index is 0. The fourth-order valence-electron chi connectivity index (χ4n) is 2.85. The van der Waals surface area contributed by atoms with Crippen molar-refractivity contribution in [3.63, 3.8) is 0 Å². The molecular weight excluding hydrogens is 319 g/mol. The SMILES string of the molecule is COc1ccc(C(=O)NCCNC2CCCCCC2)cc1F.Cl. The predicted molar refractivity (Wildman–Crippen MR) is 92.0 cm³/mol. The van der Waals surface area contributed by atoms with Gasteiger partial charge >= 0.3 is 0 Å². The van der Waals surface area contributed by atoms with Crippen LogP contribution >= 0.6 is 12.4 Å². The summed E-state index contributed by atoms with van der Waals surface area (Å²) in [4.78, 5) is 12.0. The summed E-state index contributed by atoms with van der Waals surface area (Å²) in [5.74, 6) is -0.637. The number of carbonyl (C=O) groups excluding carboxylic acids is 1. The van der Waals surface area contributed by atoms with Gasteiger partial charge in [0.05, 0.1) is 7.11 Å². The van der Waals surface area contributed by atoms with E-state index in [9.17, 15) is 9.18 Å².